The van der Waals surface area contributed by atoms with Crippen molar-refractivity contribution in [3.8, 4) is 0 Å². The molecule has 5 aliphatic rings. The first kappa shape index (κ1) is 108. The summed E-state index contributed by atoms with van der Waals surface area (Å²) in [7, 11) is 1.62. The van der Waals surface area contributed by atoms with Gasteiger partial charge in [-0.2, -0.15) is 0 Å². The Kier molecular flexibility index (Phi) is 53.9. The molecule has 698 valence electrons. The van der Waals surface area contributed by atoms with Crippen LogP contribution < -0.4 is 26.6 Å². The molecule has 5 aliphatic heterocycles. The van der Waals surface area contributed by atoms with Gasteiger partial charge in [-0.05, 0) is 127 Å². The number of rotatable bonds is 59. The van der Waals surface area contributed by atoms with E-state index < -0.39 is 178 Å². The number of unbranched alkanes of at least 4 members (excludes halogenated alkanes) is 9. The number of methoxy groups -OCH3 is 1. The van der Waals surface area contributed by atoms with E-state index >= 15 is 0 Å². The molecule has 0 spiro atoms. The van der Waals surface area contributed by atoms with E-state index in [0.29, 0.717) is 148 Å². The second kappa shape index (κ2) is 60.1. The van der Waals surface area contributed by atoms with E-state index in [1.165, 1.54) is 0 Å². The van der Waals surface area contributed by atoms with Gasteiger partial charge in [-0.15, -0.1) is 0 Å². The Balaban J connectivity index is 0.00000739. The number of likely N-dealkylation sites (tertiary alicyclic amines) is 1. The summed E-state index contributed by atoms with van der Waals surface area (Å²) in [6.45, 7) is 16.0. The number of nitrogens with one attached hydrogen (secondary N) is 5. The zero-order valence-corrected chi connectivity index (χ0v) is 73.0. The van der Waals surface area contributed by atoms with Crippen molar-refractivity contribution in [2.45, 2.75) is 346 Å². The van der Waals surface area contributed by atoms with Crippen LogP contribution in [0.5, 0.6) is 0 Å². The summed E-state index contributed by atoms with van der Waals surface area (Å²) in [5.74, 6) is -4.87. The number of Topliss-reactive ketones (excluding diaryl/α,β-unsaturated/α-hetero) is 2. The fourth-order valence-corrected chi connectivity index (χ4v) is 15.4. The van der Waals surface area contributed by atoms with Crippen LogP contribution in [0.1, 0.15) is 235 Å². The molecule has 25 atom stereocenters. The Hall–Kier alpha value is -4.68. The summed E-state index contributed by atoms with van der Waals surface area (Å²) in [5, 5.41) is 136. The maximum atomic E-state index is 14.7. The Bertz CT molecular complexity index is 2870. The van der Waals surface area contributed by atoms with E-state index in [2.05, 4.69) is 54.3 Å². The van der Waals surface area contributed by atoms with Crippen molar-refractivity contribution in [3.63, 3.8) is 0 Å². The summed E-state index contributed by atoms with van der Waals surface area (Å²) >= 11 is 0. The van der Waals surface area contributed by atoms with Crippen LogP contribution in [0.3, 0.4) is 0 Å². The van der Waals surface area contributed by atoms with Crippen molar-refractivity contribution in [2.75, 3.05) is 99.3 Å². The van der Waals surface area contributed by atoms with E-state index in [1.807, 2.05) is 4.90 Å². The molecule has 5 fully saturated rings. The monoisotopic (exact) mass is 1720 g/mol. The molecular weight excluding hydrogens is 1570 g/mol. The molecule has 0 aromatic heterocycles. The molecule has 5 saturated heterocycles. The lowest BCUT2D eigenvalue weighted by Gasteiger charge is -2.40. The number of carbonyl (C=O) groups is 8. The highest BCUT2D eigenvalue weighted by molar-refractivity contribution is 5.92. The van der Waals surface area contributed by atoms with E-state index in [0.717, 1.165) is 12.3 Å². The normalized spacial score (nSPS) is 29.6. The molecule has 0 aliphatic carbocycles. The van der Waals surface area contributed by atoms with Gasteiger partial charge in [-0.3, -0.25) is 38.4 Å². The topological polar surface area (TPSA) is 526 Å². The van der Waals surface area contributed by atoms with Gasteiger partial charge in [-0.25, -0.2) is 0 Å². The number of ketones is 2. The van der Waals surface area contributed by atoms with Crippen LogP contribution in [0, 0.1) is 47.3 Å². The van der Waals surface area contributed by atoms with Crippen LogP contribution in [0.15, 0.2) is 0 Å². The highest BCUT2D eigenvalue weighted by Gasteiger charge is 2.46. The molecule has 0 radical (unpaired) electrons. The molecule has 17 N–H and O–H groups in total. The molecule has 35 heteroatoms. The van der Waals surface area contributed by atoms with E-state index in [4.69, 9.17) is 42.6 Å². The van der Waals surface area contributed by atoms with Crippen LogP contribution in [0.25, 0.3) is 0 Å². The average Bonchev–Trinajstić information content (AvgIpc) is 1.08. The van der Waals surface area contributed by atoms with Gasteiger partial charge in [0.1, 0.15) is 54.6 Å². The molecule has 0 bridgehead atoms. The van der Waals surface area contributed by atoms with E-state index in [-0.39, 0.29) is 139 Å². The summed E-state index contributed by atoms with van der Waals surface area (Å²) in [6, 6.07) is -1.01. The standard InChI is InChI=1S/C81H144N6O29.C4H10/c1-49-40-56(48-108-6)87(43-49)67(97)31-8-7-16-34-84-77(107)55(42-59(93)58(86-66(96)30-15-23-39-112-81-53(5)71(101)75(105)63(47-91)116-81)27-11-19-33-83-65(95)29-14-22-38-111-80-52(4)70(100)74(104)62(46-90)115-80)25-10-18-35-85-76(106)54(41-57(92)26-12-20-36-109-78-50(2)68(98)72(102)60(44-88)113-78)24-9-17-32-82-64(94)28-13-21-37-110-79-51(3)69(99)73(103)61(45-89)114-79;1-4(2)3/h49-56,58,60-63,68-75,78-81,88-91,98-105H,7-48H2,1-6H3,(H,82,94)(H,83,95)(H,84,107)(H,85,106)(H,86,96);4H,1-3H3/t49-,50?,51?,52?,53?,54?,55?,56+,58?,60?,61?,62?,63?,68-,69-,70-,71-,72+,73+,74+,75+,78-,79-,80-,81-;/m1./s1. The number of hydrogen-bond donors (Lipinski definition) is 17. The predicted octanol–water partition coefficient (Wildman–Crippen LogP) is 1.75. The van der Waals surface area contributed by atoms with Crippen LogP contribution in [0.2, 0.25) is 0 Å². The van der Waals surface area contributed by atoms with Gasteiger partial charge in [0, 0.05) is 147 Å². The average molecular weight is 1720 g/mol. The first-order chi connectivity index (χ1) is 57.3. The summed E-state index contributed by atoms with van der Waals surface area (Å²) in [6.07, 6.45) is -7.60. The van der Waals surface area contributed by atoms with Crippen LogP contribution in [0.4, 0.5) is 0 Å². The maximum absolute atomic E-state index is 14.7. The highest BCUT2D eigenvalue weighted by Crippen LogP contribution is 2.32. The molecule has 0 aromatic rings. The third kappa shape index (κ3) is 39.1. The number of aliphatic hydroxyl groups excluding tert-OH is 12. The number of nitrogens with zero attached hydrogens (tertiary/aromatic N) is 1. The zero-order valence-electron chi connectivity index (χ0n) is 73.0. The second-order valence-electron chi connectivity index (χ2n) is 34.3. The van der Waals surface area contributed by atoms with Crippen molar-refractivity contribution in [2.24, 2.45) is 47.3 Å². The largest absolute Gasteiger partial charge is 0.394 e. The van der Waals surface area contributed by atoms with Gasteiger partial charge >= 0.3 is 0 Å². The lowest BCUT2D eigenvalue weighted by Crippen LogP contribution is -2.55. The van der Waals surface area contributed by atoms with Gasteiger partial charge in [0.25, 0.3) is 0 Å². The fraction of sp³-hybridized carbons (Fsp3) is 0.906. The van der Waals surface area contributed by atoms with Gasteiger partial charge < -0.3 is 135 Å². The number of amides is 6. The SMILES string of the molecule is CC(C)C.COC[C@@H]1C[C@@H](C)CN1C(=O)CCCCCNC(=O)C(CCCCNC(=O)C(CCCCNC(=O)CCCCO[C@@H]1OC(CO)[C@H](O)[C@H](O)C1C)CC(=O)CCCCO[C@@H]1OC(CO)[C@H](O)[C@H](O)C1C)CC(=O)C(CCCCNC(=O)CCCCO[C@@H]1OC(CO)[C@H](O)[C@H](O)C1C)NC(=O)CCCCO[C@@H]1OC(CO)[C@H](O)[C@H](O)C1C. The van der Waals surface area contributed by atoms with Crippen molar-refractivity contribution in [1.29, 1.82) is 0 Å². The minimum atomic E-state index is -1.30. The molecule has 0 aromatic carbocycles. The van der Waals surface area contributed by atoms with Crippen molar-refractivity contribution in [1.82, 2.24) is 31.5 Å². The Morgan fingerprint density at radius 2 is 0.733 bits per heavy atom. The molecule has 5 rings (SSSR count). The predicted molar refractivity (Wildman–Crippen MR) is 439 cm³/mol. The first-order valence-corrected chi connectivity index (χ1v) is 44.5. The van der Waals surface area contributed by atoms with Crippen LogP contribution in [-0.2, 0) is 81.0 Å². The smallest absolute Gasteiger partial charge is 0.223 e. The second-order valence-corrected chi connectivity index (χ2v) is 34.3. The van der Waals surface area contributed by atoms with E-state index in [9.17, 15) is 99.6 Å². The third-order valence-corrected chi connectivity index (χ3v) is 23.0. The lowest BCUT2D eigenvalue weighted by atomic mass is 9.90. The van der Waals surface area contributed by atoms with Crippen molar-refractivity contribution < 1.29 is 142 Å². The van der Waals surface area contributed by atoms with Crippen LogP contribution in [-0.4, -0.2) is 323 Å². The zero-order chi connectivity index (χ0) is 88.8. The molecule has 120 heavy (non-hydrogen) atoms. The molecule has 35 nitrogen and oxygen atoms in total. The number of aliphatic hydroxyl groups is 12. The quantitative estimate of drug-likeness (QED) is 0.0386. The van der Waals surface area contributed by atoms with Crippen molar-refractivity contribution >= 4 is 47.0 Å². The minimum Gasteiger partial charge on any atom is -0.394 e. The van der Waals surface area contributed by atoms with E-state index in [1.54, 1.807) is 34.8 Å². The summed E-state index contributed by atoms with van der Waals surface area (Å²) in [5.41, 5.74) is 0. The van der Waals surface area contributed by atoms with Gasteiger partial charge in [0.05, 0.1) is 69.5 Å². The summed E-state index contributed by atoms with van der Waals surface area (Å²) in [4.78, 5) is 112. The minimum absolute atomic E-state index is 0.0111. The Morgan fingerprint density at radius 1 is 0.400 bits per heavy atom. The molecular formula is C85H154N6O29. The Morgan fingerprint density at radius 3 is 1.11 bits per heavy atom. The van der Waals surface area contributed by atoms with Crippen molar-refractivity contribution in [3.05, 3.63) is 0 Å². The van der Waals surface area contributed by atoms with Gasteiger partial charge in [-0.1, -0.05) is 74.7 Å². The lowest BCUT2D eigenvalue weighted by molar-refractivity contribution is -0.282. The van der Waals surface area contributed by atoms with Gasteiger partial charge in [0.2, 0.25) is 35.4 Å². The number of ether oxygens (including phenoxy) is 9. The maximum Gasteiger partial charge on any atom is 0.223 e. The number of carbonyl (C=O) groups excluding carboxylic acids is 8. The molecule has 0 saturated carbocycles. The molecule has 5 heterocycles. The molecule has 11 unspecified atom stereocenters. The van der Waals surface area contributed by atoms with Gasteiger partial charge in [0.15, 0.2) is 30.9 Å². The summed E-state index contributed by atoms with van der Waals surface area (Å²) < 4.78 is 51.3. The third-order valence-electron chi connectivity index (χ3n) is 23.0. The highest BCUT2D eigenvalue weighted by atomic mass is 16.7. The fourth-order valence-electron chi connectivity index (χ4n) is 15.4. The Labute approximate surface area is 710 Å². The molecule has 6 amide bonds. The van der Waals surface area contributed by atoms with Crippen LogP contribution >= 0.6 is 0 Å². The number of hydrogen-bond acceptors (Lipinski definition) is 29. The first-order valence-electron chi connectivity index (χ1n) is 44.5.